The molecule has 3 aromatic heterocycles. The second kappa shape index (κ2) is 6.39. The molecule has 1 amide bonds. The van der Waals surface area contributed by atoms with E-state index < -0.39 is 0 Å². The van der Waals surface area contributed by atoms with Gasteiger partial charge in [-0.3, -0.25) is 4.79 Å². The number of imidazole rings is 1. The maximum Gasteiger partial charge on any atom is 0.274 e. The summed E-state index contributed by atoms with van der Waals surface area (Å²) in [5, 5.41) is 9.08. The van der Waals surface area contributed by atoms with E-state index in [-0.39, 0.29) is 11.9 Å². The van der Waals surface area contributed by atoms with Crippen LogP contribution in [-0.4, -0.2) is 41.5 Å². The molecule has 7 nitrogen and oxygen atoms in total. The number of carbonyl (C=O) groups excluding carboxylic acids is 1. The Bertz CT molecular complexity index is 975. The fourth-order valence-corrected chi connectivity index (χ4v) is 3.84. The van der Waals surface area contributed by atoms with Gasteiger partial charge in [-0.25, -0.2) is 4.98 Å². The molecule has 3 aromatic rings. The van der Waals surface area contributed by atoms with Crippen molar-refractivity contribution >= 4 is 23.2 Å². The maximum absolute atomic E-state index is 13.1. The van der Waals surface area contributed by atoms with Crippen LogP contribution in [0.5, 0.6) is 0 Å². The van der Waals surface area contributed by atoms with Crippen molar-refractivity contribution < 1.29 is 4.79 Å². The first-order chi connectivity index (χ1) is 12.4. The highest BCUT2D eigenvalue weighted by Gasteiger charge is 2.32. The second-order valence-corrected chi connectivity index (χ2v) is 7.68. The van der Waals surface area contributed by atoms with Crippen LogP contribution in [0.15, 0.2) is 24.5 Å². The minimum atomic E-state index is -0.0921. The first-order valence-electron chi connectivity index (χ1n) is 8.76. The van der Waals surface area contributed by atoms with Crippen LogP contribution in [0.2, 0.25) is 5.02 Å². The molecule has 8 heteroatoms. The van der Waals surface area contributed by atoms with Crippen LogP contribution in [-0.2, 0) is 6.54 Å². The van der Waals surface area contributed by atoms with Gasteiger partial charge in [-0.2, -0.15) is 0 Å². The molecule has 1 aliphatic rings. The van der Waals surface area contributed by atoms with Gasteiger partial charge in [-0.15, -0.1) is 10.2 Å². The van der Waals surface area contributed by atoms with Gasteiger partial charge in [0.25, 0.3) is 5.91 Å². The van der Waals surface area contributed by atoms with Crippen molar-refractivity contribution in [2.24, 2.45) is 5.92 Å². The second-order valence-electron chi connectivity index (χ2n) is 7.24. The lowest BCUT2D eigenvalue weighted by atomic mass is 10.0. The minimum absolute atomic E-state index is 0.0921. The normalized spacial score (nSPS) is 17.1. The highest BCUT2D eigenvalue weighted by Crippen LogP contribution is 2.28. The fraction of sp³-hybridized carbons (Fsp3) is 0.444. The number of amides is 1. The van der Waals surface area contributed by atoms with Crippen molar-refractivity contribution in [3.8, 4) is 0 Å². The average molecular weight is 373 g/mol. The molecule has 1 aliphatic heterocycles. The molecule has 0 N–H and O–H groups in total. The average Bonchev–Trinajstić information content (AvgIpc) is 3.17. The molecule has 0 saturated heterocycles. The summed E-state index contributed by atoms with van der Waals surface area (Å²) < 4.78 is 3.95. The largest absolute Gasteiger partial charge is 0.328 e. The van der Waals surface area contributed by atoms with Gasteiger partial charge in [0, 0.05) is 18.9 Å². The van der Waals surface area contributed by atoms with Crippen LogP contribution in [0.4, 0.5) is 0 Å². The van der Waals surface area contributed by atoms with Crippen LogP contribution >= 0.6 is 11.6 Å². The van der Waals surface area contributed by atoms with E-state index in [0.717, 1.165) is 18.1 Å². The predicted octanol–water partition coefficient (Wildman–Crippen LogP) is 3.13. The van der Waals surface area contributed by atoms with Crippen molar-refractivity contribution in [3.05, 3.63) is 46.9 Å². The van der Waals surface area contributed by atoms with Gasteiger partial charge in [0.1, 0.15) is 17.2 Å². The van der Waals surface area contributed by atoms with Crippen LogP contribution < -0.4 is 0 Å². The quantitative estimate of drug-likeness (QED) is 0.708. The molecule has 136 valence electrons. The van der Waals surface area contributed by atoms with E-state index in [9.17, 15) is 4.79 Å². The topological polar surface area (TPSA) is 68.3 Å². The van der Waals surface area contributed by atoms with Crippen molar-refractivity contribution in [3.63, 3.8) is 0 Å². The van der Waals surface area contributed by atoms with Crippen LogP contribution in [0.3, 0.4) is 0 Å². The standard InChI is InChI=1S/C18H21ClN6O/c1-11(2)6-14-8-24(10-17-22-21-12(3)25(14)17)18(26)15-9-23-7-13(19)4-5-16(23)20-15/h4-5,7,9,11,14H,6,8,10H2,1-3H3/t14-/m0/s1. The molecule has 0 saturated carbocycles. The Labute approximate surface area is 156 Å². The van der Waals surface area contributed by atoms with E-state index in [1.54, 1.807) is 28.9 Å². The van der Waals surface area contributed by atoms with Gasteiger partial charge >= 0.3 is 0 Å². The molecule has 0 aromatic carbocycles. The fourth-order valence-electron chi connectivity index (χ4n) is 3.68. The molecule has 26 heavy (non-hydrogen) atoms. The molecular weight excluding hydrogens is 352 g/mol. The van der Waals surface area contributed by atoms with Gasteiger partial charge in [0.2, 0.25) is 0 Å². The van der Waals surface area contributed by atoms with Crippen molar-refractivity contribution in [2.75, 3.05) is 6.54 Å². The summed E-state index contributed by atoms with van der Waals surface area (Å²) in [7, 11) is 0. The van der Waals surface area contributed by atoms with Gasteiger partial charge in [0.05, 0.1) is 17.6 Å². The smallest absolute Gasteiger partial charge is 0.274 e. The van der Waals surface area contributed by atoms with Gasteiger partial charge < -0.3 is 13.9 Å². The molecule has 4 rings (SSSR count). The first-order valence-corrected chi connectivity index (χ1v) is 9.14. The Morgan fingerprint density at radius 1 is 1.31 bits per heavy atom. The number of halogens is 1. The predicted molar refractivity (Wildman–Crippen MR) is 98.2 cm³/mol. The third kappa shape index (κ3) is 2.96. The van der Waals surface area contributed by atoms with Crippen LogP contribution in [0.1, 0.15) is 48.4 Å². The highest BCUT2D eigenvalue weighted by molar-refractivity contribution is 6.30. The Morgan fingerprint density at radius 2 is 2.12 bits per heavy atom. The van der Waals surface area contributed by atoms with Gasteiger partial charge in [-0.05, 0) is 31.4 Å². The van der Waals surface area contributed by atoms with E-state index in [2.05, 4.69) is 33.6 Å². The highest BCUT2D eigenvalue weighted by atomic mass is 35.5. The first kappa shape index (κ1) is 17.0. The number of aryl methyl sites for hydroxylation is 1. The number of nitrogens with zero attached hydrogens (tertiary/aromatic N) is 6. The zero-order valence-corrected chi connectivity index (χ0v) is 15.8. The Morgan fingerprint density at radius 3 is 2.88 bits per heavy atom. The molecule has 1 atom stereocenters. The van der Waals surface area contributed by atoms with Crippen LogP contribution in [0, 0.1) is 12.8 Å². The van der Waals surface area contributed by atoms with E-state index in [1.165, 1.54) is 0 Å². The number of aromatic nitrogens is 5. The molecule has 4 heterocycles. The maximum atomic E-state index is 13.1. The monoisotopic (exact) mass is 372 g/mol. The van der Waals surface area contributed by atoms with Crippen LogP contribution in [0.25, 0.3) is 5.65 Å². The summed E-state index contributed by atoms with van der Waals surface area (Å²) in [4.78, 5) is 19.3. The van der Waals surface area contributed by atoms with Crippen molar-refractivity contribution in [1.29, 1.82) is 0 Å². The third-order valence-corrected chi connectivity index (χ3v) is 4.95. The summed E-state index contributed by atoms with van der Waals surface area (Å²) >= 11 is 6.02. The molecule has 0 fully saturated rings. The van der Waals surface area contributed by atoms with Gasteiger partial charge in [-0.1, -0.05) is 25.4 Å². The minimum Gasteiger partial charge on any atom is -0.328 e. The third-order valence-electron chi connectivity index (χ3n) is 4.73. The Balaban J connectivity index is 1.65. The lowest BCUT2D eigenvalue weighted by Gasteiger charge is -2.34. The molecular formula is C18H21ClN6O. The number of hydrogen-bond donors (Lipinski definition) is 0. The van der Waals surface area contributed by atoms with E-state index in [4.69, 9.17) is 11.6 Å². The molecule has 0 spiro atoms. The lowest BCUT2D eigenvalue weighted by Crippen LogP contribution is -2.42. The molecule has 0 aliphatic carbocycles. The summed E-state index contributed by atoms with van der Waals surface area (Å²) in [6.07, 6.45) is 4.44. The van der Waals surface area contributed by atoms with E-state index >= 15 is 0 Å². The summed E-state index contributed by atoms with van der Waals surface area (Å²) in [6.45, 7) is 7.42. The van der Waals surface area contributed by atoms with Gasteiger partial charge in [0.15, 0.2) is 5.82 Å². The van der Waals surface area contributed by atoms with E-state index in [0.29, 0.717) is 35.4 Å². The number of fused-ring (bicyclic) bond motifs is 2. The Kier molecular flexibility index (Phi) is 4.19. The molecule has 0 unspecified atom stereocenters. The number of pyridine rings is 1. The Hall–Kier alpha value is -2.41. The lowest BCUT2D eigenvalue weighted by molar-refractivity contribution is 0.0655. The number of hydrogen-bond acceptors (Lipinski definition) is 4. The van der Waals surface area contributed by atoms with Crippen molar-refractivity contribution in [2.45, 2.75) is 39.8 Å². The molecule has 0 radical (unpaired) electrons. The summed E-state index contributed by atoms with van der Waals surface area (Å²) in [5.41, 5.74) is 1.12. The summed E-state index contributed by atoms with van der Waals surface area (Å²) in [5.74, 6) is 2.16. The SMILES string of the molecule is Cc1nnc2n1[C@@H](CC(C)C)CN(C(=O)c1cn3cc(Cl)ccc3n1)C2. The summed E-state index contributed by atoms with van der Waals surface area (Å²) in [6, 6.07) is 3.75. The number of rotatable bonds is 3. The van der Waals surface area contributed by atoms with E-state index in [1.807, 2.05) is 11.8 Å². The van der Waals surface area contributed by atoms with Crippen molar-refractivity contribution in [1.82, 2.24) is 29.0 Å². The molecule has 0 bridgehead atoms. The zero-order valence-electron chi connectivity index (χ0n) is 15.1. The zero-order chi connectivity index (χ0) is 18.4. The number of carbonyl (C=O) groups is 1.